The molecule has 0 aliphatic heterocycles. The summed E-state index contributed by atoms with van der Waals surface area (Å²) in [4.78, 5) is 11.9. The van der Waals surface area contributed by atoms with Crippen LogP contribution in [0.4, 0.5) is 0 Å². The van der Waals surface area contributed by atoms with E-state index in [1.807, 2.05) is 43.5 Å². The highest BCUT2D eigenvalue weighted by molar-refractivity contribution is 5.82. The molecule has 0 aliphatic rings. The molecular formula is C15H20N4O2. The average Bonchev–Trinajstić information content (AvgIpc) is 3.01. The normalized spacial score (nSPS) is 13.7. The van der Waals surface area contributed by atoms with Crippen LogP contribution >= 0.6 is 0 Å². The Hall–Kier alpha value is -2.18. The Morgan fingerprint density at radius 3 is 2.95 bits per heavy atom. The second-order valence-electron chi connectivity index (χ2n) is 4.84. The van der Waals surface area contributed by atoms with E-state index in [1.54, 1.807) is 10.9 Å². The summed E-state index contributed by atoms with van der Waals surface area (Å²) in [6.07, 6.45) is 3.60. The van der Waals surface area contributed by atoms with E-state index in [0.29, 0.717) is 0 Å². The van der Waals surface area contributed by atoms with Crippen molar-refractivity contribution >= 4 is 5.91 Å². The van der Waals surface area contributed by atoms with Crippen LogP contribution in [-0.4, -0.2) is 35.4 Å². The number of ether oxygens (including phenoxy) is 1. The molecule has 2 unspecified atom stereocenters. The van der Waals surface area contributed by atoms with Crippen LogP contribution in [0.5, 0.6) is 0 Å². The Morgan fingerprint density at radius 1 is 1.48 bits per heavy atom. The number of rotatable bonds is 6. The number of aromatic nitrogens is 2. The molecule has 1 aromatic heterocycles. The van der Waals surface area contributed by atoms with E-state index < -0.39 is 6.04 Å². The molecule has 1 aromatic carbocycles. The molecule has 112 valence electrons. The fourth-order valence-electron chi connectivity index (χ4n) is 2.02. The molecule has 6 nitrogen and oxygen atoms in total. The van der Waals surface area contributed by atoms with Crippen LogP contribution in [0.3, 0.4) is 0 Å². The highest BCUT2D eigenvalue weighted by atomic mass is 16.5. The van der Waals surface area contributed by atoms with E-state index in [-0.39, 0.29) is 18.6 Å². The van der Waals surface area contributed by atoms with Gasteiger partial charge in [0.05, 0.1) is 18.3 Å². The van der Waals surface area contributed by atoms with E-state index in [0.717, 1.165) is 11.3 Å². The van der Waals surface area contributed by atoms with Gasteiger partial charge in [0.1, 0.15) is 6.04 Å². The van der Waals surface area contributed by atoms with Crippen LogP contribution in [0.15, 0.2) is 42.7 Å². The number of carbonyl (C=O) groups excluding carboxylic acids is 1. The molecule has 0 bridgehead atoms. The fourth-order valence-corrected chi connectivity index (χ4v) is 2.02. The Bertz CT molecular complexity index is 583. The van der Waals surface area contributed by atoms with Gasteiger partial charge in [-0.25, -0.2) is 4.68 Å². The lowest BCUT2D eigenvalue weighted by molar-refractivity contribution is -0.124. The molecule has 2 atom stereocenters. The largest absolute Gasteiger partial charge is 0.383 e. The third kappa shape index (κ3) is 3.90. The van der Waals surface area contributed by atoms with Gasteiger partial charge in [-0.15, -0.1) is 0 Å². The number of hydrogen-bond acceptors (Lipinski definition) is 4. The number of amides is 1. The lowest BCUT2D eigenvalue weighted by atomic mass is 10.1. The van der Waals surface area contributed by atoms with Crippen LogP contribution in [0.25, 0.3) is 5.69 Å². The summed E-state index contributed by atoms with van der Waals surface area (Å²) in [5.41, 5.74) is 7.64. The predicted molar refractivity (Wildman–Crippen MR) is 80.0 cm³/mol. The minimum atomic E-state index is -0.660. The van der Waals surface area contributed by atoms with Gasteiger partial charge in [0.2, 0.25) is 5.91 Å². The number of methoxy groups -OCH3 is 1. The molecule has 2 aromatic rings. The topological polar surface area (TPSA) is 82.2 Å². The van der Waals surface area contributed by atoms with Gasteiger partial charge < -0.3 is 15.8 Å². The first-order valence-electron chi connectivity index (χ1n) is 6.76. The molecule has 1 heterocycles. The molecule has 0 aliphatic carbocycles. The zero-order chi connectivity index (χ0) is 15.2. The summed E-state index contributed by atoms with van der Waals surface area (Å²) in [5.74, 6) is -0.228. The summed E-state index contributed by atoms with van der Waals surface area (Å²) in [5, 5.41) is 7.07. The van der Waals surface area contributed by atoms with Crippen molar-refractivity contribution in [3.8, 4) is 5.69 Å². The maximum atomic E-state index is 11.9. The summed E-state index contributed by atoms with van der Waals surface area (Å²) in [6, 6.07) is 8.90. The quantitative estimate of drug-likeness (QED) is 0.831. The zero-order valence-electron chi connectivity index (χ0n) is 12.2. The molecule has 1 amide bonds. The van der Waals surface area contributed by atoms with Gasteiger partial charge >= 0.3 is 0 Å². The molecule has 3 N–H and O–H groups in total. The molecule has 0 fully saturated rings. The number of carbonyl (C=O) groups is 1. The molecule has 6 heteroatoms. The van der Waals surface area contributed by atoms with Gasteiger partial charge in [-0.1, -0.05) is 12.1 Å². The fraction of sp³-hybridized carbons (Fsp3) is 0.333. The van der Waals surface area contributed by atoms with E-state index in [1.165, 1.54) is 7.11 Å². The van der Waals surface area contributed by atoms with Crippen LogP contribution < -0.4 is 11.1 Å². The first-order valence-corrected chi connectivity index (χ1v) is 6.76. The number of nitrogens with zero attached hydrogens (tertiary/aromatic N) is 2. The van der Waals surface area contributed by atoms with Crippen LogP contribution in [-0.2, 0) is 9.53 Å². The first-order chi connectivity index (χ1) is 10.1. The van der Waals surface area contributed by atoms with Gasteiger partial charge in [-0.2, -0.15) is 5.10 Å². The SMILES string of the molecule is COCC(N)C(=O)NC(C)c1cccc(-n2cccn2)c1. The van der Waals surface area contributed by atoms with Crippen molar-refractivity contribution in [1.82, 2.24) is 15.1 Å². The van der Waals surface area contributed by atoms with Crippen LogP contribution in [0, 0.1) is 0 Å². The van der Waals surface area contributed by atoms with Gasteiger partial charge in [-0.05, 0) is 30.7 Å². The molecule has 0 saturated carbocycles. The maximum absolute atomic E-state index is 11.9. The highest BCUT2D eigenvalue weighted by Crippen LogP contribution is 2.16. The molecule has 0 saturated heterocycles. The van der Waals surface area contributed by atoms with E-state index in [4.69, 9.17) is 10.5 Å². The highest BCUT2D eigenvalue weighted by Gasteiger charge is 2.16. The maximum Gasteiger partial charge on any atom is 0.239 e. The van der Waals surface area contributed by atoms with Crippen molar-refractivity contribution in [2.45, 2.75) is 19.0 Å². The van der Waals surface area contributed by atoms with Crippen molar-refractivity contribution < 1.29 is 9.53 Å². The standard InChI is InChI=1S/C15H20N4O2/c1-11(18-15(20)14(16)10-21-2)12-5-3-6-13(9-12)19-8-4-7-17-19/h3-9,11,14H,10,16H2,1-2H3,(H,18,20). The summed E-state index contributed by atoms with van der Waals surface area (Å²) in [7, 11) is 1.52. The zero-order valence-corrected chi connectivity index (χ0v) is 12.2. The second kappa shape index (κ2) is 7.01. The lowest BCUT2D eigenvalue weighted by Gasteiger charge is -2.18. The Morgan fingerprint density at radius 2 is 2.29 bits per heavy atom. The summed E-state index contributed by atoms with van der Waals surface area (Å²) >= 11 is 0. The predicted octanol–water partition coefficient (Wildman–Crippen LogP) is 1.02. The first kappa shape index (κ1) is 15.2. The summed E-state index contributed by atoms with van der Waals surface area (Å²) < 4.78 is 6.66. The molecule has 21 heavy (non-hydrogen) atoms. The van der Waals surface area contributed by atoms with E-state index in [9.17, 15) is 4.79 Å². The Kier molecular flexibility index (Phi) is 5.08. The number of nitrogens with two attached hydrogens (primary N) is 1. The lowest BCUT2D eigenvalue weighted by Crippen LogP contribution is -2.44. The van der Waals surface area contributed by atoms with Gasteiger partial charge in [0.15, 0.2) is 0 Å². The Labute approximate surface area is 123 Å². The molecular weight excluding hydrogens is 268 g/mol. The van der Waals surface area contributed by atoms with Crippen LogP contribution in [0.1, 0.15) is 18.5 Å². The van der Waals surface area contributed by atoms with Gasteiger partial charge in [0, 0.05) is 19.5 Å². The molecule has 0 spiro atoms. The van der Waals surface area contributed by atoms with Crippen molar-refractivity contribution in [2.75, 3.05) is 13.7 Å². The van der Waals surface area contributed by atoms with Crippen molar-refractivity contribution in [3.63, 3.8) is 0 Å². The smallest absolute Gasteiger partial charge is 0.239 e. The number of nitrogens with one attached hydrogen (secondary N) is 1. The van der Waals surface area contributed by atoms with Crippen molar-refractivity contribution in [3.05, 3.63) is 48.3 Å². The van der Waals surface area contributed by atoms with Crippen molar-refractivity contribution in [2.24, 2.45) is 5.73 Å². The number of benzene rings is 1. The van der Waals surface area contributed by atoms with Crippen LogP contribution in [0.2, 0.25) is 0 Å². The van der Waals surface area contributed by atoms with Gasteiger partial charge in [0.25, 0.3) is 0 Å². The third-order valence-electron chi connectivity index (χ3n) is 3.18. The average molecular weight is 288 g/mol. The Balaban J connectivity index is 2.07. The second-order valence-corrected chi connectivity index (χ2v) is 4.84. The summed E-state index contributed by atoms with van der Waals surface area (Å²) in [6.45, 7) is 2.12. The van der Waals surface area contributed by atoms with Gasteiger partial charge in [-0.3, -0.25) is 4.79 Å². The monoisotopic (exact) mass is 288 g/mol. The number of hydrogen-bond donors (Lipinski definition) is 2. The van der Waals surface area contributed by atoms with E-state index in [2.05, 4.69) is 10.4 Å². The molecule has 0 radical (unpaired) electrons. The van der Waals surface area contributed by atoms with E-state index >= 15 is 0 Å². The minimum Gasteiger partial charge on any atom is -0.383 e. The third-order valence-corrected chi connectivity index (χ3v) is 3.18. The minimum absolute atomic E-state index is 0.143. The molecule has 2 rings (SSSR count). The van der Waals surface area contributed by atoms with Crippen molar-refractivity contribution in [1.29, 1.82) is 0 Å².